The second-order valence-corrected chi connectivity index (χ2v) is 9.99. The van der Waals surface area contributed by atoms with Crippen LogP contribution in [0.5, 0.6) is 5.75 Å². The summed E-state index contributed by atoms with van der Waals surface area (Å²) in [5.74, 6) is 0.594. The third-order valence-electron chi connectivity index (χ3n) is 5.76. The molecule has 0 N–H and O–H groups in total. The summed E-state index contributed by atoms with van der Waals surface area (Å²) in [6, 6.07) is 15.5. The zero-order valence-electron chi connectivity index (χ0n) is 20.4. The molecule has 176 valence electrons. The van der Waals surface area contributed by atoms with Gasteiger partial charge in [-0.1, -0.05) is 58.4 Å². The van der Waals surface area contributed by atoms with Crippen LogP contribution in [0.1, 0.15) is 58.1 Å². The largest absolute Gasteiger partial charge is 0.493 e. The van der Waals surface area contributed by atoms with Crippen molar-refractivity contribution in [2.75, 3.05) is 13.2 Å². The normalized spacial score (nSPS) is 12.0. The van der Waals surface area contributed by atoms with Gasteiger partial charge in [-0.15, -0.1) is 11.3 Å². The fourth-order valence-electron chi connectivity index (χ4n) is 3.78. The molecule has 0 saturated heterocycles. The van der Waals surface area contributed by atoms with Gasteiger partial charge in [0, 0.05) is 21.1 Å². The fourth-order valence-corrected chi connectivity index (χ4v) is 4.93. The van der Waals surface area contributed by atoms with Crippen molar-refractivity contribution in [2.24, 2.45) is 5.92 Å². The smallest absolute Gasteiger partial charge is 0.333 e. The number of hydrogen-bond acceptors (Lipinski definition) is 4. The molecule has 0 fully saturated rings. The Morgan fingerprint density at radius 3 is 2.61 bits per heavy atom. The van der Waals surface area contributed by atoms with E-state index in [9.17, 15) is 4.79 Å². The minimum absolute atomic E-state index is 0.103. The van der Waals surface area contributed by atoms with Gasteiger partial charge < -0.3 is 9.47 Å². The highest BCUT2D eigenvalue weighted by Crippen LogP contribution is 2.37. The number of benzene rings is 2. The number of ether oxygens (including phenoxy) is 2. The maximum atomic E-state index is 11.5. The number of rotatable bonds is 12. The molecule has 33 heavy (non-hydrogen) atoms. The summed E-state index contributed by atoms with van der Waals surface area (Å²) in [6.45, 7) is 12.6. The zero-order valence-corrected chi connectivity index (χ0v) is 21.2. The lowest BCUT2D eigenvalue weighted by Crippen LogP contribution is -2.18. The Hall–Kier alpha value is -2.59. The highest BCUT2D eigenvalue weighted by atomic mass is 32.1. The van der Waals surface area contributed by atoms with Gasteiger partial charge in [-0.2, -0.15) is 0 Å². The summed E-state index contributed by atoms with van der Waals surface area (Å²) in [4.78, 5) is 12.9. The van der Waals surface area contributed by atoms with Crippen LogP contribution in [0.4, 0.5) is 0 Å². The summed E-state index contributed by atoms with van der Waals surface area (Å²) in [7, 11) is 0. The monoisotopic (exact) mass is 464 g/mol. The molecule has 1 heterocycles. The van der Waals surface area contributed by atoms with Gasteiger partial charge in [-0.3, -0.25) is 0 Å². The van der Waals surface area contributed by atoms with Crippen molar-refractivity contribution in [2.45, 2.75) is 59.8 Å². The standard InChI is InChI=1S/C29H36O3S/c1-6-8-9-10-22-11-14-26(23(7-2)15-22)28-16-24-12-13-25(17-27(24)33-28)31-18-21(5)19-32-29(30)20(3)4/h11-17,21H,3,6-10,18-19H2,1-2,4-5H3. The Labute approximate surface area is 202 Å². The number of carbonyl (C=O) groups is 1. The van der Waals surface area contributed by atoms with Gasteiger partial charge in [0.1, 0.15) is 5.75 Å². The van der Waals surface area contributed by atoms with E-state index in [0.29, 0.717) is 18.8 Å². The fraction of sp³-hybridized carbons (Fsp3) is 0.414. The number of aryl methyl sites for hydroxylation is 2. The van der Waals surface area contributed by atoms with E-state index in [-0.39, 0.29) is 11.9 Å². The van der Waals surface area contributed by atoms with Crippen LogP contribution >= 0.6 is 11.3 Å². The molecule has 0 bridgehead atoms. The molecule has 0 spiro atoms. The molecule has 0 radical (unpaired) electrons. The van der Waals surface area contributed by atoms with Gasteiger partial charge in [0.05, 0.1) is 13.2 Å². The third kappa shape index (κ3) is 6.94. The van der Waals surface area contributed by atoms with Crippen molar-refractivity contribution in [3.8, 4) is 16.2 Å². The Bertz CT molecular complexity index is 1100. The number of carbonyl (C=O) groups excluding carboxylic acids is 1. The minimum atomic E-state index is -0.352. The number of thiophene rings is 1. The Balaban J connectivity index is 1.68. The maximum Gasteiger partial charge on any atom is 0.333 e. The molecular formula is C29H36O3S. The summed E-state index contributed by atoms with van der Waals surface area (Å²) in [6.07, 6.45) is 6.02. The van der Waals surface area contributed by atoms with Gasteiger partial charge in [0.25, 0.3) is 0 Å². The molecule has 0 aliphatic carbocycles. The Morgan fingerprint density at radius 2 is 1.88 bits per heavy atom. The predicted octanol–water partition coefficient (Wildman–Crippen LogP) is 8.00. The first-order valence-electron chi connectivity index (χ1n) is 12.0. The van der Waals surface area contributed by atoms with E-state index in [1.54, 1.807) is 6.92 Å². The van der Waals surface area contributed by atoms with E-state index in [4.69, 9.17) is 9.47 Å². The second-order valence-electron chi connectivity index (χ2n) is 8.91. The molecule has 0 aliphatic heterocycles. The maximum absolute atomic E-state index is 11.5. The zero-order chi connectivity index (χ0) is 23.8. The van der Waals surface area contributed by atoms with Crippen LogP contribution in [0, 0.1) is 5.92 Å². The van der Waals surface area contributed by atoms with Gasteiger partial charge in [-0.25, -0.2) is 4.79 Å². The van der Waals surface area contributed by atoms with E-state index in [1.165, 1.54) is 57.3 Å². The van der Waals surface area contributed by atoms with Gasteiger partial charge >= 0.3 is 5.97 Å². The van der Waals surface area contributed by atoms with E-state index in [2.05, 4.69) is 56.8 Å². The lowest BCUT2D eigenvalue weighted by Gasteiger charge is -2.13. The second kappa shape index (κ2) is 12.0. The molecule has 0 amide bonds. The molecule has 1 unspecified atom stereocenters. The van der Waals surface area contributed by atoms with Crippen LogP contribution in [0.3, 0.4) is 0 Å². The van der Waals surface area contributed by atoms with Crippen molar-refractivity contribution < 1.29 is 14.3 Å². The minimum Gasteiger partial charge on any atom is -0.493 e. The van der Waals surface area contributed by atoms with Gasteiger partial charge in [0.2, 0.25) is 0 Å². The lowest BCUT2D eigenvalue weighted by molar-refractivity contribution is -0.140. The quantitative estimate of drug-likeness (QED) is 0.155. The average Bonchev–Trinajstić information content (AvgIpc) is 3.24. The number of hydrogen-bond donors (Lipinski definition) is 0. The van der Waals surface area contributed by atoms with E-state index < -0.39 is 0 Å². The molecule has 0 saturated carbocycles. The van der Waals surface area contributed by atoms with Crippen molar-refractivity contribution in [1.82, 2.24) is 0 Å². The first-order chi connectivity index (χ1) is 15.9. The van der Waals surface area contributed by atoms with Gasteiger partial charge in [0.15, 0.2) is 0 Å². The van der Waals surface area contributed by atoms with Crippen LogP contribution in [0.2, 0.25) is 0 Å². The number of unbranched alkanes of at least 4 members (excludes halogenated alkanes) is 2. The number of esters is 1. The Kier molecular flexibility index (Phi) is 9.13. The van der Waals surface area contributed by atoms with Crippen molar-refractivity contribution >= 4 is 27.4 Å². The van der Waals surface area contributed by atoms with Crippen molar-refractivity contribution in [1.29, 1.82) is 0 Å². The first kappa shape index (κ1) is 25.0. The van der Waals surface area contributed by atoms with E-state index in [1.807, 2.05) is 24.3 Å². The Morgan fingerprint density at radius 1 is 1.06 bits per heavy atom. The van der Waals surface area contributed by atoms with E-state index in [0.717, 1.165) is 12.2 Å². The predicted molar refractivity (Wildman–Crippen MR) is 140 cm³/mol. The van der Waals surface area contributed by atoms with Crippen LogP contribution in [-0.2, 0) is 22.4 Å². The van der Waals surface area contributed by atoms with Crippen LogP contribution in [0.15, 0.2) is 54.6 Å². The summed E-state index contributed by atoms with van der Waals surface area (Å²) in [5, 5.41) is 1.24. The molecule has 3 rings (SSSR count). The molecule has 0 aliphatic rings. The van der Waals surface area contributed by atoms with Crippen LogP contribution in [0.25, 0.3) is 20.5 Å². The SMILES string of the molecule is C=C(C)C(=O)OCC(C)COc1ccc2cc(-c3ccc(CCCCC)cc3CC)sc2c1. The lowest BCUT2D eigenvalue weighted by atomic mass is 9.98. The van der Waals surface area contributed by atoms with Crippen LogP contribution < -0.4 is 4.74 Å². The molecule has 3 nitrogen and oxygen atoms in total. The molecule has 3 aromatic rings. The average molecular weight is 465 g/mol. The molecular weight excluding hydrogens is 428 g/mol. The number of fused-ring (bicyclic) bond motifs is 1. The molecule has 4 heteroatoms. The van der Waals surface area contributed by atoms with Crippen LogP contribution in [-0.4, -0.2) is 19.2 Å². The first-order valence-corrected chi connectivity index (χ1v) is 12.8. The molecule has 2 aromatic carbocycles. The molecule has 1 atom stereocenters. The molecule has 1 aromatic heterocycles. The van der Waals surface area contributed by atoms with Crippen molar-refractivity contribution in [3.05, 3.63) is 65.7 Å². The summed E-state index contributed by atoms with van der Waals surface area (Å²) >= 11 is 1.81. The third-order valence-corrected chi connectivity index (χ3v) is 6.89. The summed E-state index contributed by atoms with van der Waals surface area (Å²) < 4.78 is 12.4. The summed E-state index contributed by atoms with van der Waals surface area (Å²) in [5.41, 5.74) is 4.63. The van der Waals surface area contributed by atoms with Crippen molar-refractivity contribution in [3.63, 3.8) is 0 Å². The highest BCUT2D eigenvalue weighted by molar-refractivity contribution is 7.22. The van der Waals surface area contributed by atoms with Gasteiger partial charge in [-0.05, 0) is 72.5 Å². The van der Waals surface area contributed by atoms with E-state index >= 15 is 0 Å². The highest BCUT2D eigenvalue weighted by Gasteiger charge is 2.12. The topological polar surface area (TPSA) is 35.5 Å².